The third kappa shape index (κ3) is 4.10. The van der Waals surface area contributed by atoms with E-state index in [-0.39, 0.29) is 0 Å². The van der Waals surface area contributed by atoms with Gasteiger partial charge in [0.05, 0.1) is 22.4 Å². The van der Waals surface area contributed by atoms with Crippen molar-refractivity contribution in [1.82, 2.24) is 0 Å². The van der Waals surface area contributed by atoms with Gasteiger partial charge >= 0.3 is 0 Å². The Labute approximate surface area is 115 Å². The minimum Gasteiger partial charge on any atom is -0.494 e. The highest BCUT2D eigenvalue weighted by molar-refractivity contribution is 8.01. The lowest BCUT2D eigenvalue weighted by atomic mass is 10.2. The molecule has 0 spiro atoms. The van der Waals surface area contributed by atoms with Gasteiger partial charge < -0.3 is 4.74 Å². The Morgan fingerprint density at radius 3 is 2.72 bits per heavy atom. The predicted octanol–water partition coefficient (Wildman–Crippen LogP) is 4.18. The fourth-order valence-electron chi connectivity index (χ4n) is 1.39. The molecule has 1 aromatic heterocycles. The highest BCUT2D eigenvalue weighted by atomic mass is 32.2. The minimum atomic E-state index is 0.663. The van der Waals surface area contributed by atoms with Gasteiger partial charge in [0.2, 0.25) is 0 Å². The maximum Gasteiger partial charge on any atom is 0.119 e. The molecule has 2 rings (SSSR count). The quantitative estimate of drug-likeness (QED) is 0.585. The van der Waals surface area contributed by atoms with Crippen LogP contribution in [0.1, 0.15) is 12.0 Å². The molecule has 0 saturated carbocycles. The number of rotatable bonds is 6. The summed E-state index contributed by atoms with van der Waals surface area (Å²) in [5.41, 5.74) is 0.663. The Morgan fingerprint density at radius 1 is 1.22 bits per heavy atom. The summed E-state index contributed by atoms with van der Waals surface area (Å²) >= 11 is 3.64. The normalized spacial score (nSPS) is 9.94. The number of thiophene rings is 1. The monoisotopic (exact) mass is 275 g/mol. The Hall–Kier alpha value is -1.44. The lowest BCUT2D eigenvalue weighted by Crippen LogP contribution is -1.98. The van der Waals surface area contributed by atoms with Crippen molar-refractivity contribution in [3.8, 4) is 11.8 Å². The van der Waals surface area contributed by atoms with E-state index in [2.05, 4.69) is 23.6 Å². The first-order valence-electron chi connectivity index (χ1n) is 5.68. The summed E-state index contributed by atoms with van der Waals surface area (Å²) in [7, 11) is 0. The van der Waals surface area contributed by atoms with Gasteiger partial charge in [-0.2, -0.15) is 5.26 Å². The molecule has 1 aromatic carbocycles. The van der Waals surface area contributed by atoms with Crippen LogP contribution in [0.15, 0.2) is 46.0 Å². The Kier molecular flexibility index (Phi) is 5.13. The zero-order valence-electron chi connectivity index (χ0n) is 9.83. The van der Waals surface area contributed by atoms with Gasteiger partial charge in [-0.3, -0.25) is 0 Å². The van der Waals surface area contributed by atoms with E-state index in [4.69, 9.17) is 10.00 Å². The van der Waals surface area contributed by atoms with Crippen molar-refractivity contribution in [1.29, 1.82) is 5.26 Å². The number of hydrogen-bond acceptors (Lipinski definition) is 4. The number of benzene rings is 1. The van der Waals surface area contributed by atoms with Crippen molar-refractivity contribution in [3.05, 3.63) is 47.3 Å². The Balaban J connectivity index is 1.64. The third-order valence-electron chi connectivity index (χ3n) is 2.28. The van der Waals surface area contributed by atoms with Crippen LogP contribution >= 0.6 is 23.1 Å². The zero-order valence-corrected chi connectivity index (χ0v) is 11.5. The van der Waals surface area contributed by atoms with Crippen LogP contribution < -0.4 is 4.74 Å². The molecular weight excluding hydrogens is 262 g/mol. The summed E-state index contributed by atoms with van der Waals surface area (Å²) in [6.45, 7) is 0.713. The molecule has 0 bridgehead atoms. The first-order chi connectivity index (χ1) is 8.88. The summed E-state index contributed by atoms with van der Waals surface area (Å²) < 4.78 is 6.96. The van der Waals surface area contributed by atoms with E-state index < -0.39 is 0 Å². The van der Waals surface area contributed by atoms with Crippen molar-refractivity contribution in [2.24, 2.45) is 0 Å². The van der Waals surface area contributed by atoms with Crippen molar-refractivity contribution in [2.45, 2.75) is 10.6 Å². The van der Waals surface area contributed by atoms with Crippen molar-refractivity contribution >= 4 is 23.1 Å². The van der Waals surface area contributed by atoms with Crippen LogP contribution in [-0.2, 0) is 0 Å². The molecule has 2 aromatic rings. The van der Waals surface area contributed by atoms with E-state index in [1.807, 2.05) is 23.9 Å². The lowest BCUT2D eigenvalue weighted by molar-refractivity contribution is 0.318. The van der Waals surface area contributed by atoms with Crippen LogP contribution in [0.4, 0.5) is 0 Å². The molecule has 0 aliphatic carbocycles. The summed E-state index contributed by atoms with van der Waals surface area (Å²) in [4.78, 5) is 0. The second kappa shape index (κ2) is 7.10. The van der Waals surface area contributed by atoms with Gasteiger partial charge in [-0.1, -0.05) is 6.07 Å². The third-order valence-corrected chi connectivity index (χ3v) is 4.50. The van der Waals surface area contributed by atoms with Gasteiger partial charge in [0.15, 0.2) is 0 Å². The number of nitrogens with zero attached hydrogens (tertiary/aromatic N) is 1. The SMILES string of the molecule is N#Cc1ccc(OCCCSc2cccs2)cc1. The van der Waals surface area contributed by atoms with Gasteiger partial charge in [-0.25, -0.2) is 0 Å². The zero-order chi connectivity index (χ0) is 12.6. The summed E-state index contributed by atoms with van der Waals surface area (Å²) in [6, 6.07) is 13.5. The lowest BCUT2D eigenvalue weighted by Gasteiger charge is -2.05. The Morgan fingerprint density at radius 2 is 2.06 bits per heavy atom. The average molecular weight is 275 g/mol. The molecule has 0 unspecified atom stereocenters. The van der Waals surface area contributed by atoms with E-state index >= 15 is 0 Å². The molecule has 0 aliphatic rings. The van der Waals surface area contributed by atoms with E-state index in [0.29, 0.717) is 12.2 Å². The van der Waals surface area contributed by atoms with Gasteiger partial charge in [-0.15, -0.1) is 23.1 Å². The number of hydrogen-bond donors (Lipinski definition) is 0. The van der Waals surface area contributed by atoms with E-state index in [0.717, 1.165) is 17.9 Å². The molecule has 1 heterocycles. The van der Waals surface area contributed by atoms with Gasteiger partial charge in [0, 0.05) is 5.75 Å². The molecule has 18 heavy (non-hydrogen) atoms. The average Bonchev–Trinajstić information content (AvgIpc) is 2.92. The molecule has 0 radical (unpaired) electrons. The number of thioether (sulfide) groups is 1. The summed E-state index contributed by atoms with van der Waals surface area (Å²) in [5.74, 6) is 1.90. The topological polar surface area (TPSA) is 33.0 Å². The molecule has 2 nitrogen and oxygen atoms in total. The van der Waals surface area contributed by atoms with Crippen LogP contribution in [0.25, 0.3) is 0 Å². The second-order valence-corrected chi connectivity index (χ2v) is 5.96. The molecule has 0 fully saturated rings. The van der Waals surface area contributed by atoms with Gasteiger partial charge in [-0.05, 0) is 42.1 Å². The fraction of sp³-hybridized carbons (Fsp3) is 0.214. The maximum absolute atomic E-state index is 8.67. The van der Waals surface area contributed by atoms with Crippen LogP contribution in [0, 0.1) is 11.3 Å². The van der Waals surface area contributed by atoms with Crippen LogP contribution in [0.3, 0.4) is 0 Å². The van der Waals surface area contributed by atoms with Crippen molar-refractivity contribution < 1.29 is 4.74 Å². The van der Waals surface area contributed by atoms with E-state index in [9.17, 15) is 0 Å². The standard InChI is InChI=1S/C14H13NOS2/c15-11-12-4-6-13(7-5-12)16-8-2-10-18-14-3-1-9-17-14/h1,3-7,9H,2,8,10H2. The van der Waals surface area contributed by atoms with Crippen LogP contribution in [-0.4, -0.2) is 12.4 Å². The maximum atomic E-state index is 8.67. The molecule has 0 N–H and O–H groups in total. The smallest absolute Gasteiger partial charge is 0.119 e. The van der Waals surface area contributed by atoms with Crippen molar-refractivity contribution in [2.75, 3.05) is 12.4 Å². The van der Waals surface area contributed by atoms with E-state index in [1.54, 1.807) is 23.5 Å². The fourth-order valence-corrected chi connectivity index (χ4v) is 3.17. The minimum absolute atomic E-state index is 0.663. The van der Waals surface area contributed by atoms with E-state index in [1.165, 1.54) is 4.21 Å². The first-order valence-corrected chi connectivity index (χ1v) is 7.54. The molecule has 0 atom stereocenters. The number of ether oxygens (including phenoxy) is 1. The van der Waals surface area contributed by atoms with Crippen LogP contribution in [0.5, 0.6) is 5.75 Å². The highest BCUT2D eigenvalue weighted by Gasteiger charge is 1.97. The molecular formula is C14H13NOS2. The summed E-state index contributed by atoms with van der Waals surface area (Å²) in [5, 5.41) is 10.8. The molecule has 0 amide bonds. The van der Waals surface area contributed by atoms with Crippen LogP contribution in [0.2, 0.25) is 0 Å². The first kappa shape index (κ1) is 13.0. The van der Waals surface area contributed by atoms with Gasteiger partial charge in [0.25, 0.3) is 0 Å². The molecule has 0 aliphatic heterocycles. The largest absolute Gasteiger partial charge is 0.494 e. The predicted molar refractivity (Wildman–Crippen MR) is 76.3 cm³/mol. The Bertz CT molecular complexity index is 500. The highest BCUT2D eigenvalue weighted by Crippen LogP contribution is 2.23. The number of nitriles is 1. The molecule has 0 saturated heterocycles. The molecule has 92 valence electrons. The van der Waals surface area contributed by atoms with Crippen molar-refractivity contribution in [3.63, 3.8) is 0 Å². The summed E-state index contributed by atoms with van der Waals surface area (Å²) in [6.07, 6.45) is 1.02. The van der Waals surface area contributed by atoms with Gasteiger partial charge in [0.1, 0.15) is 5.75 Å². The molecule has 4 heteroatoms. The second-order valence-electron chi connectivity index (χ2n) is 3.62.